The molecule has 2 amide bonds. The molecule has 5 aliphatic carbocycles. The minimum absolute atomic E-state index is 0.00416. The quantitative estimate of drug-likeness (QED) is 0.218. The lowest BCUT2D eigenvalue weighted by Crippen LogP contribution is -2.65. The fraction of sp³-hybridized carbons (Fsp3) is 0.857. The Bertz CT molecular complexity index is 1410. The molecule has 1 heterocycles. The largest absolute Gasteiger partial charge is 0.462 e. The smallest absolute Gasteiger partial charge is 0.318 e. The highest BCUT2D eigenvalue weighted by Crippen LogP contribution is 2.72. The van der Waals surface area contributed by atoms with Crippen molar-refractivity contribution >= 4 is 24.1 Å². The van der Waals surface area contributed by atoms with Crippen LogP contribution < -0.4 is 5.32 Å². The highest BCUT2D eigenvalue weighted by atomic mass is 16.5. The molecule has 0 aromatic rings. The minimum Gasteiger partial charge on any atom is -0.462 e. The highest BCUT2D eigenvalue weighted by molar-refractivity contribution is 6.02. The zero-order valence-electron chi connectivity index (χ0n) is 33.0. The molecule has 0 aromatic heterocycles. The third-order valence-electron chi connectivity index (χ3n) is 15.4. The van der Waals surface area contributed by atoms with Crippen molar-refractivity contribution in [3.05, 3.63) is 11.1 Å². The molecule has 4 saturated carbocycles. The number of piperazine rings is 1. The van der Waals surface area contributed by atoms with Crippen molar-refractivity contribution in [2.45, 2.75) is 151 Å². The molecule has 0 bridgehead atoms. The van der Waals surface area contributed by atoms with E-state index in [2.05, 4.69) is 65.6 Å². The van der Waals surface area contributed by atoms with Crippen LogP contribution in [0.3, 0.4) is 0 Å². The number of ketones is 1. The van der Waals surface area contributed by atoms with Crippen molar-refractivity contribution in [2.75, 3.05) is 26.2 Å². The van der Waals surface area contributed by atoms with Crippen LogP contribution >= 0.6 is 0 Å². The van der Waals surface area contributed by atoms with Gasteiger partial charge in [0.2, 0.25) is 0 Å². The van der Waals surface area contributed by atoms with Gasteiger partial charge in [-0.25, -0.2) is 4.79 Å². The number of ether oxygens (including phenoxy) is 1. The van der Waals surface area contributed by atoms with Crippen LogP contribution in [0.4, 0.5) is 4.79 Å². The third kappa shape index (κ3) is 6.09. The maximum absolute atomic E-state index is 14.0. The van der Waals surface area contributed by atoms with E-state index in [0.717, 1.165) is 89.4 Å². The van der Waals surface area contributed by atoms with E-state index in [4.69, 9.17) is 4.74 Å². The molecule has 8 atom stereocenters. The Kier molecular flexibility index (Phi) is 9.77. The molecule has 1 N–H and O–H groups in total. The molecular formula is C42H67N3O5. The maximum Gasteiger partial charge on any atom is 0.318 e. The van der Waals surface area contributed by atoms with Crippen LogP contribution in [0, 0.1) is 51.2 Å². The van der Waals surface area contributed by atoms with Crippen LogP contribution in [0.25, 0.3) is 0 Å². The second-order valence-corrected chi connectivity index (χ2v) is 19.8. The van der Waals surface area contributed by atoms with Gasteiger partial charge in [0.15, 0.2) is 5.78 Å². The number of hydrogen-bond acceptors (Lipinski definition) is 6. The summed E-state index contributed by atoms with van der Waals surface area (Å²) in [6.45, 7) is 25.3. The number of aldehydes is 1. The van der Waals surface area contributed by atoms with E-state index in [-0.39, 0.29) is 52.5 Å². The Morgan fingerprint density at radius 2 is 1.56 bits per heavy atom. The molecule has 50 heavy (non-hydrogen) atoms. The van der Waals surface area contributed by atoms with Gasteiger partial charge in [-0.1, -0.05) is 55.4 Å². The number of fused-ring (bicyclic) bond motifs is 7. The van der Waals surface area contributed by atoms with Crippen LogP contribution in [0.5, 0.6) is 0 Å². The van der Waals surface area contributed by atoms with Crippen molar-refractivity contribution in [2.24, 2.45) is 51.2 Å². The topological polar surface area (TPSA) is 96.0 Å². The fourth-order valence-electron chi connectivity index (χ4n) is 13.0. The summed E-state index contributed by atoms with van der Waals surface area (Å²) in [6, 6.07) is 0.480. The molecule has 1 saturated heterocycles. The van der Waals surface area contributed by atoms with Gasteiger partial charge < -0.3 is 19.7 Å². The number of amides is 2. The highest BCUT2D eigenvalue weighted by Gasteiger charge is 2.67. The molecular weight excluding hydrogens is 626 g/mol. The van der Waals surface area contributed by atoms with Gasteiger partial charge in [0.25, 0.3) is 0 Å². The number of carbonyl (C=O) groups is 4. The van der Waals surface area contributed by atoms with Gasteiger partial charge in [-0.05, 0) is 117 Å². The van der Waals surface area contributed by atoms with Crippen molar-refractivity contribution in [1.29, 1.82) is 0 Å². The summed E-state index contributed by atoms with van der Waals surface area (Å²) >= 11 is 0. The van der Waals surface area contributed by atoms with Crippen LogP contribution in [0.1, 0.15) is 133 Å². The average molecular weight is 694 g/mol. The van der Waals surface area contributed by atoms with Gasteiger partial charge in [-0.15, -0.1) is 0 Å². The fourth-order valence-corrected chi connectivity index (χ4v) is 13.0. The summed E-state index contributed by atoms with van der Waals surface area (Å²) in [7, 11) is 0. The molecule has 8 heteroatoms. The lowest BCUT2D eigenvalue weighted by atomic mass is 9.37. The predicted octanol–water partition coefficient (Wildman–Crippen LogP) is 7.59. The van der Waals surface area contributed by atoms with Crippen molar-refractivity contribution in [3.8, 4) is 0 Å². The van der Waals surface area contributed by atoms with E-state index in [1.165, 1.54) is 5.57 Å². The average Bonchev–Trinajstić information content (AvgIpc) is 3.34. The lowest BCUT2D eigenvalue weighted by Gasteiger charge is -2.68. The minimum atomic E-state index is -0.714. The normalized spacial score (nSPS) is 38.7. The summed E-state index contributed by atoms with van der Waals surface area (Å²) < 4.78 is 6.20. The molecule has 1 aliphatic heterocycles. The van der Waals surface area contributed by atoms with Crippen LogP contribution in [0.2, 0.25) is 0 Å². The molecule has 280 valence electrons. The van der Waals surface area contributed by atoms with Gasteiger partial charge in [0.05, 0.1) is 12.0 Å². The predicted molar refractivity (Wildman–Crippen MR) is 196 cm³/mol. The van der Waals surface area contributed by atoms with E-state index < -0.39 is 11.0 Å². The number of Topliss-reactive ketones (excluding diaryl/α,β-unsaturated/α-hetero) is 1. The second-order valence-electron chi connectivity index (χ2n) is 19.8. The van der Waals surface area contributed by atoms with Gasteiger partial charge in [-0.3, -0.25) is 14.5 Å². The summed E-state index contributed by atoms with van der Waals surface area (Å²) in [5.41, 5.74) is 1.14. The first-order chi connectivity index (χ1) is 23.3. The number of rotatable bonds is 7. The second kappa shape index (κ2) is 13.0. The number of carbonyl (C=O) groups excluding carboxylic acids is 4. The van der Waals surface area contributed by atoms with E-state index >= 15 is 0 Å². The molecule has 5 fully saturated rings. The van der Waals surface area contributed by atoms with Crippen molar-refractivity contribution < 1.29 is 23.9 Å². The number of esters is 1. The van der Waals surface area contributed by atoms with Gasteiger partial charge >= 0.3 is 12.0 Å². The van der Waals surface area contributed by atoms with E-state index in [1.54, 1.807) is 13.8 Å². The zero-order valence-corrected chi connectivity index (χ0v) is 33.0. The first-order valence-corrected chi connectivity index (χ1v) is 20.0. The Balaban J connectivity index is 1.24. The van der Waals surface area contributed by atoms with Crippen molar-refractivity contribution in [3.63, 3.8) is 0 Å². The molecule has 0 radical (unpaired) electrons. The number of hydrogen-bond donors (Lipinski definition) is 1. The summed E-state index contributed by atoms with van der Waals surface area (Å²) in [5, 5.41) is 3.57. The molecule has 8 nitrogen and oxygen atoms in total. The molecule has 0 aromatic carbocycles. The summed E-state index contributed by atoms with van der Waals surface area (Å²) in [4.78, 5) is 56.8. The molecule has 0 spiro atoms. The van der Waals surface area contributed by atoms with E-state index in [0.29, 0.717) is 36.1 Å². The monoisotopic (exact) mass is 694 g/mol. The Hall–Kier alpha value is -2.22. The Morgan fingerprint density at radius 3 is 2.18 bits per heavy atom. The molecule has 8 unspecified atom stereocenters. The third-order valence-corrected chi connectivity index (χ3v) is 15.4. The standard InChI is InChI=1S/C42H67N3O5/c1-26(2)35-30(47)23-42(43-37(49)45-21-19-44(20-22-45)27(3)4)18-13-29-28(36(35)42)11-12-32-40(29,9)16-14-31-39(7,8)33(15-17-41(31,32)10)50-34(48)24-38(5,6)25-46/h25-29,31-33H,11-24H2,1-10H3,(H,43,49). The number of nitrogens with one attached hydrogen (secondary N) is 1. The molecule has 6 rings (SSSR count). The van der Waals surface area contributed by atoms with E-state index in [1.807, 2.05) is 4.90 Å². The SMILES string of the molecule is CC(C)C1=C2C3CCC4C(C)(CCC5C(C)(C)C(OC(=O)CC(C)(C)C=O)CCC54C)C3CCC2(NC(=O)N2CCN(C(C)C)CC2)CC1=O. The first kappa shape index (κ1) is 37.5. The van der Waals surface area contributed by atoms with Gasteiger partial charge in [0, 0.05) is 49.5 Å². The van der Waals surface area contributed by atoms with Crippen LogP contribution in [0.15, 0.2) is 11.1 Å². The Labute approximate surface area is 302 Å². The van der Waals surface area contributed by atoms with Gasteiger partial charge in [-0.2, -0.15) is 0 Å². The van der Waals surface area contributed by atoms with Crippen molar-refractivity contribution in [1.82, 2.24) is 15.1 Å². The lowest BCUT2D eigenvalue weighted by molar-refractivity contribution is -0.213. The van der Waals surface area contributed by atoms with E-state index in [9.17, 15) is 19.2 Å². The molecule has 6 aliphatic rings. The Morgan fingerprint density at radius 1 is 0.900 bits per heavy atom. The number of nitrogens with zero attached hydrogens (tertiary/aromatic N) is 2. The zero-order chi connectivity index (χ0) is 36.6. The first-order valence-electron chi connectivity index (χ1n) is 20.0. The van der Waals surface area contributed by atoms with Gasteiger partial charge in [0.1, 0.15) is 12.4 Å². The maximum atomic E-state index is 14.0. The summed E-state index contributed by atoms with van der Waals surface area (Å²) in [6.07, 6.45) is 9.44. The number of allylic oxidation sites excluding steroid dienone is 1. The van der Waals surface area contributed by atoms with Crippen LogP contribution in [-0.4, -0.2) is 77.7 Å². The number of urea groups is 1. The summed E-state index contributed by atoms with van der Waals surface area (Å²) in [5.74, 6) is 1.91. The van der Waals surface area contributed by atoms with Crippen LogP contribution in [-0.2, 0) is 19.1 Å².